The smallest absolute Gasteiger partial charge is 0.407 e. The maximum absolute atomic E-state index is 11.7. The molecule has 1 heterocycles. The number of anilines is 1. The minimum atomic E-state index is -0.477. The minimum absolute atomic E-state index is 0.309. The Labute approximate surface area is 132 Å². The molecule has 2 N–H and O–H groups in total. The third-order valence-electron chi connectivity index (χ3n) is 3.32. The van der Waals surface area contributed by atoms with Gasteiger partial charge in [0, 0.05) is 25.4 Å². The highest BCUT2D eigenvalue weighted by atomic mass is 16.6. The van der Waals surface area contributed by atoms with Gasteiger partial charge in [0.25, 0.3) is 0 Å². The molecule has 1 aromatic carbocycles. The number of ether oxygens (including phenoxy) is 2. The van der Waals surface area contributed by atoms with Crippen molar-refractivity contribution in [2.75, 3.05) is 18.5 Å². The van der Waals surface area contributed by atoms with Crippen LogP contribution in [0.25, 0.3) is 0 Å². The first-order chi connectivity index (χ1) is 10.4. The second-order valence-electron chi connectivity index (χ2n) is 6.57. The zero-order chi connectivity index (χ0) is 16.0. The van der Waals surface area contributed by atoms with Crippen molar-refractivity contribution >= 4 is 11.8 Å². The van der Waals surface area contributed by atoms with E-state index in [-0.39, 0.29) is 0 Å². The van der Waals surface area contributed by atoms with E-state index in [1.165, 1.54) is 0 Å². The van der Waals surface area contributed by atoms with Crippen molar-refractivity contribution in [3.8, 4) is 0 Å². The van der Waals surface area contributed by atoms with Crippen LogP contribution in [0.1, 0.15) is 39.2 Å². The Morgan fingerprint density at radius 3 is 2.91 bits per heavy atom. The molecule has 1 unspecified atom stereocenters. The molecule has 1 aliphatic heterocycles. The van der Waals surface area contributed by atoms with Gasteiger partial charge in [0.15, 0.2) is 0 Å². The molecule has 1 saturated heterocycles. The number of nitrogens with one attached hydrogen (secondary N) is 2. The van der Waals surface area contributed by atoms with E-state index in [1.54, 1.807) is 0 Å². The van der Waals surface area contributed by atoms with Crippen molar-refractivity contribution in [2.24, 2.45) is 0 Å². The number of hydrogen-bond acceptors (Lipinski definition) is 4. The Morgan fingerprint density at radius 2 is 2.23 bits per heavy atom. The summed E-state index contributed by atoms with van der Waals surface area (Å²) in [5.74, 6) is 0. The molecular formula is C17H26N2O3. The molecule has 1 atom stereocenters. The van der Waals surface area contributed by atoms with Crippen LogP contribution in [-0.2, 0) is 16.0 Å². The van der Waals surface area contributed by atoms with Crippen molar-refractivity contribution in [3.05, 3.63) is 29.8 Å². The molecule has 5 heteroatoms. The lowest BCUT2D eigenvalue weighted by molar-refractivity contribution is 0.0523. The maximum Gasteiger partial charge on any atom is 0.407 e. The quantitative estimate of drug-likeness (QED) is 0.876. The van der Waals surface area contributed by atoms with Crippen LogP contribution >= 0.6 is 0 Å². The highest BCUT2D eigenvalue weighted by molar-refractivity contribution is 5.67. The first-order valence-electron chi connectivity index (χ1n) is 7.84. The van der Waals surface area contributed by atoms with Gasteiger partial charge in [0.2, 0.25) is 0 Å². The number of rotatable bonds is 5. The number of alkyl carbamates (subject to hydrolysis) is 1. The number of amides is 1. The highest BCUT2D eigenvalue weighted by Gasteiger charge is 2.16. The zero-order valence-corrected chi connectivity index (χ0v) is 13.6. The Bertz CT molecular complexity index is 491. The van der Waals surface area contributed by atoms with Gasteiger partial charge >= 0.3 is 6.09 Å². The Morgan fingerprint density at radius 1 is 1.41 bits per heavy atom. The number of carbonyl (C=O) groups excluding carboxylic acids is 1. The standard InChI is InChI=1S/C17H26N2O3/c1-17(2,3)22-16(20)19-11-13-6-4-7-14(10-13)18-12-15-8-5-9-21-15/h4,6-7,10,15,18H,5,8-9,11-12H2,1-3H3,(H,19,20). The summed E-state index contributed by atoms with van der Waals surface area (Å²) in [7, 11) is 0. The lowest BCUT2D eigenvalue weighted by Crippen LogP contribution is -2.32. The predicted molar refractivity (Wildman–Crippen MR) is 87.0 cm³/mol. The average molecular weight is 306 g/mol. The van der Waals surface area contributed by atoms with Gasteiger partial charge in [-0.2, -0.15) is 0 Å². The largest absolute Gasteiger partial charge is 0.444 e. The first kappa shape index (κ1) is 16.6. The summed E-state index contributed by atoms with van der Waals surface area (Å²) in [5.41, 5.74) is 1.59. The van der Waals surface area contributed by atoms with Gasteiger partial charge in [-0.05, 0) is 51.3 Å². The summed E-state index contributed by atoms with van der Waals surface area (Å²) in [5, 5.41) is 6.15. The molecule has 0 bridgehead atoms. The average Bonchev–Trinajstić information content (AvgIpc) is 2.95. The van der Waals surface area contributed by atoms with Crippen LogP contribution in [0.4, 0.5) is 10.5 Å². The van der Waals surface area contributed by atoms with E-state index in [4.69, 9.17) is 9.47 Å². The van der Waals surface area contributed by atoms with Gasteiger partial charge in [-0.1, -0.05) is 12.1 Å². The van der Waals surface area contributed by atoms with Crippen molar-refractivity contribution in [2.45, 2.75) is 51.9 Å². The topological polar surface area (TPSA) is 59.6 Å². The van der Waals surface area contributed by atoms with Crippen LogP contribution in [0.5, 0.6) is 0 Å². The molecule has 0 aromatic heterocycles. The van der Waals surface area contributed by atoms with Crippen molar-refractivity contribution in [3.63, 3.8) is 0 Å². The van der Waals surface area contributed by atoms with E-state index in [0.717, 1.165) is 37.2 Å². The summed E-state index contributed by atoms with van der Waals surface area (Å²) in [6.45, 7) is 7.69. The molecule has 2 rings (SSSR count). The van der Waals surface area contributed by atoms with Crippen LogP contribution in [0, 0.1) is 0 Å². The summed E-state index contributed by atoms with van der Waals surface area (Å²) < 4.78 is 10.8. The summed E-state index contributed by atoms with van der Waals surface area (Å²) in [6.07, 6.45) is 2.17. The summed E-state index contributed by atoms with van der Waals surface area (Å²) >= 11 is 0. The van der Waals surface area contributed by atoms with Crippen LogP contribution in [-0.4, -0.2) is 30.9 Å². The molecule has 1 fully saturated rings. The molecule has 0 spiro atoms. The third kappa shape index (κ3) is 5.93. The normalized spacial score (nSPS) is 18.0. The Hall–Kier alpha value is -1.75. The second-order valence-corrected chi connectivity index (χ2v) is 6.57. The van der Waals surface area contributed by atoms with Gasteiger partial charge in [-0.25, -0.2) is 4.79 Å². The molecule has 122 valence electrons. The lowest BCUT2D eigenvalue weighted by atomic mass is 10.2. The molecule has 0 aliphatic carbocycles. The molecule has 22 heavy (non-hydrogen) atoms. The molecule has 1 aliphatic rings. The highest BCUT2D eigenvalue weighted by Crippen LogP contribution is 2.15. The van der Waals surface area contributed by atoms with E-state index in [9.17, 15) is 4.79 Å². The number of carbonyl (C=O) groups is 1. The fourth-order valence-corrected chi connectivity index (χ4v) is 2.32. The SMILES string of the molecule is CC(C)(C)OC(=O)NCc1cccc(NCC2CCCO2)c1. The molecule has 1 amide bonds. The summed E-state index contributed by atoms with van der Waals surface area (Å²) in [4.78, 5) is 11.7. The van der Waals surface area contributed by atoms with E-state index in [0.29, 0.717) is 12.6 Å². The van der Waals surface area contributed by atoms with E-state index < -0.39 is 11.7 Å². The number of hydrogen-bond donors (Lipinski definition) is 2. The number of benzene rings is 1. The second kappa shape index (κ2) is 7.49. The van der Waals surface area contributed by atoms with Gasteiger partial charge in [-0.15, -0.1) is 0 Å². The molecular weight excluding hydrogens is 280 g/mol. The van der Waals surface area contributed by atoms with Gasteiger partial charge in [-0.3, -0.25) is 0 Å². The molecule has 0 radical (unpaired) electrons. The predicted octanol–water partition coefficient (Wildman–Crippen LogP) is 3.30. The van der Waals surface area contributed by atoms with Crippen molar-refractivity contribution in [1.29, 1.82) is 0 Å². The van der Waals surface area contributed by atoms with E-state index in [2.05, 4.69) is 10.6 Å². The molecule has 0 saturated carbocycles. The van der Waals surface area contributed by atoms with Crippen LogP contribution in [0.15, 0.2) is 24.3 Å². The van der Waals surface area contributed by atoms with Gasteiger partial charge < -0.3 is 20.1 Å². The van der Waals surface area contributed by atoms with Gasteiger partial charge in [0.1, 0.15) is 5.60 Å². The first-order valence-corrected chi connectivity index (χ1v) is 7.84. The Balaban J connectivity index is 1.79. The van der Waals surface area contributed by atoms with Crippen LogP contribution in [0.3, 0.4) is 0 Å². The van der Waals surface area contributed by atoms with Crippen LogP contribution < -0.4 is 10.6 Å². The van der Waals surface area contributed by atoms with Crippen molar-refractivity contribution < 1.29 is 14.3 Å². The van der Waals surface area contributed by atoms with Crippen molar-refractivity contribution in [1.82, 2.24) is 5.32 Å². The third-order valence-corrected chi connectivity index (χ3v) is 3.32. The fraction of sp³-hybridized carbons (Fsp3) is 0.588. The fourth-order valence-electron chi connectivity index (χ4n) is 2.32. The lowest BCUT2D eigenvalue weighted by Gasteiger charge is -2.19. The monoisotopic (exact) mass is 306 g/mol. The molecule has 5 nitrogen and oxygen atoms in total. The molecule has 1 aromatic rings. The Kier molecular flexibility index (Phi) is 5.66. The minimum Gasteiger partial charge on any atom is -0.444 e. The maximum atomic E-state index is 11.7. The van der Waals surface area contributed by atoms with E-state index in [1.807, 2.05) is 45.0 Å². The van der Waals surface area contributed by atoms with Crippen LogP contribution in [0.2, 0.25) is 0 Å². The van der Waals surface area contributed by atoms with E-state index >= 15 is 0 Å². The zero-order valence-electron chi connectivity index (χ0n) is 13.6. The van der Waals surface area contributed by atoms with Gasteiger partial charge in [0.05, 0.1) is 6.10 Å². The summed E-state index contributed by atoms with van der Waals surface area (Å²) in [6, 6.07) is 8.01.